The number of benzene rings is 2. The highest BCUT2D eigenvalue weighted by Gasteiger charge is 2.12. The second-order valence-electron chi connectivity index (χ2n) is 7.37. The first kappa shape index (κ1) is 20.3. The maximum absolute atomic E-state index is 12.6. The van der Waals surface area contributed by atoms with Gasteiger partial charge >= 0.3 is 0 Å². The number of aromatic nitrogens is 5. The van der Waals surface area contributed by atoms with Crippen LogP contribution in [0.15, 0.2) is 85.2 Å². The van der Waals surface area contributed by atoms with Crippen LogP contribution in [0.25, 0.3) is 28.3 Å². The third-order valence-corrected chi connectivity index (χ3v) is 5.17. The Morgan fingerprint density at radius 3 is 2.70 bits per heavy atom. The Morgan fingerprint density at radius 1 is 0.970 bits per heavy atom. The molecule has 5 aromatic rings. The van der Waals surface area contributed by atoms with E-state index in [1.165, 1.54) is 0 Å². The summed E-state index contributed by atoms with van der Waals surface area (Å²) < 4.78 is 7.03. The molecule has 0 atom stereocenters. The monoisotopic (exact) mass is 436 g/mol. The molecule has 0 saturated heterocycles. The van der Waals surface area contributed by atoms with Crippen molar-refractivity contribution in [1.29, 1.82) is 0 Å². The SMILES string of the molecule is COc1ccccc1CC(=O)Nc1cccc(-c2ccc3nnc(-c4cccnc4)n3n2)c1. The van der Waals surface area contributed by atoms with Gasteiger partial charge in [-0.15, -0.1) is 10.2 Å². The lowest BCUT2D eigenvalue weighted by molar-refractivity contribution is -0.115. The van der Waals surface area contributed by atoms with Crippen LogP contribution in [-0.4, -0.2) is 37.8 Å². The minimum absolute atomic E-state index is 0.127. The number of para-hydroxylation sites is 1. The number of nitrogens with one attached hydrogen (secondary N) is 1. The molecule has 1 amide bonds. The largest absolute Gasteiger partial charge is 0.496 e. The molecule has 0 radical (unpaired) electrons. The zero-order valence-corrected chi connectivity index (χ0v) is 17.8. The fourth-order valence-electron chi connectivity index (χ4n) is 3.60. The summed E-state index contributed by atoms with van der Waals surface area (Å²) in [6, 6.07) is 22.6. The van der Waals surface area contributed by atoms with Gasteiger partial charge in [-0.2, -0.15) is 9.61 Å². The predicted molar refractivity (Wildman–Crippen MR) is 125 cm³/mol. The Balaban J connectivity index is 1.40. The summed E-state index contributed by atoms with van der Waals surface area (Å²) >= 11 is 0. The maximum Gasteiger partial charge on any atom is 0.228 e. The van der Waals surface area contributed by atoms with Crippen molar-refractivity contribution < 1.29 is 9.53 Å². The van der Waals surface area contributed by atoms with Crippen molar-refractivity contribution >= 4 is 17.2 Å². The van der Waals surface area contributed by atoms with Crippen LogP contribution in [0.4, 0.5) is 5.69 Å². The number of hydrogen-bond donors (Lipinski definition) is 1. The van der Waals surface area contributed by atoms with E-state index in [-0.39, 0.29) is 12.3 Å². The van der Waals surface area contributed by atoms with E-state index < -0.39 is 0 Å². The lowest BCUT2D eigenvalue weighted by atomic mass is 10.1. The number of carbonyl (C=O) groups is 1. The molecule has 0 spiro atoms. The van der Waals surface area contributed by atoms with Crippen molar-refractivity contribution in [2.75, 3.05) is 12.4 Å². The number of hydrogen-bond acceptors (Lipinski definition) is 6. The zero-order valence-electron chi connectivity index (χ0n) is 17.8. The van der Waals surface area contributed by atoms with Crippen molar-refractivity contribution in [2.24, 2.45) is 0 Å². The number of rotatable bonds is 6. The first-order valence-electron chi connectivity index (χ1n) is 10.4. The van der Waals surface area contributed by atoms with Crippen LogP contribution >= 0.6 is 0 Å². The summed E-state index contributed by atoms with van der Waals surface area (Å²) in [5.74, 6) is 1.18. The van der Waals surface area contributed by atoms with E-state index in [0.717, 1.165) is 22.4 Å². The number of nitrogens with zero attached hydrogens (tertiary/aromatic N) is 5. The number of ether oxygens (including phenoxy) is 1. The van der Waals surface area contributed by atoms with Gasteiger partial charge in [0.1, 0.15) is 5.75 Å². The summed E-state index contributed by atoms with van der Waals surface area (Å²) in [6.45, 7) is 0. The Kier molecular flexibility index (Phi) is 5.47. The molecule has 8 heteroatoms. The van der Waals surface area contributed by atoms with Gasteiger partial charge in [-0.1, -0.05) is 30.3 Å². The molecule has 3 heterocycles. The number of carbonyl (C=O) groups excluding carboxylic acids is 1. The van der Waals surface area contributed by atoms with E-state index >= 15 is 0 Å². The number of fused-ring (bicyclic) bond motifs is 1. The van der Waals surface area contributed by atoms with E-state index in [1.807, 2.05) is 72.8 Å². The van der Waals surface area contributed by atoms with E-state index in [1.54, 1.807) is 24.0 Å². The van der Waals surface area contributed by atoms with E-state index in [2.05, 4.69) is 20.5 Å². The average Bonchev–Trinajstić information content (AvgIpc) is 3.28. The van der Waals surface area contributed by atoms with Gasteiger partial charge in [0.25, 0.3) is 0 Å². The molecule has 5 rings (SSSR count). The van der Waals surface area contributed by atoms with Gasteiger partial charge in [0.15, 0.2) is 11.5 Å². The topological polar surface area (TPSA) is 94.3 Å². The van der Waals surface area contributed by atoms with Gasteiger partial charge in [-0.05, 0) is 42.5 Å². The summed E-state index contributed by atoms with van der Waals surface area (Å²) in [6.07, 6.45) is 3.65. The number of amides is 1. The minimum atomic E-state index is -0.127. The summed E-state index contributed by atoms with van der Waals surface area (Å²) in [5, 5.41) is 16.1. The standard InChI is InChI=1S/C25H20N6O2/c1-33-22-10-3-2-6-18(22)15-24(32)27-20-9-4-7-17(14-20)21-11-12-23-28-29-25(31(23)30-21)19-8-5-13-26-16-19/h2-14,16H,15H2,1H3,(H,27,32). The Hall–Kier alpha value is -4.59. The summed E-state index contributed by atoms with van der Waals surface area (Å²) in [4.78, 5) is 16.8. The van der Waals surface area contributed by atoms with Gasteiger partial charge in [-0.3, -0.25) is 9.78 Å². The van der Waals surface area contributed by atoms with Crippen LogP contribution in [0.5, 0.6) is 5.75 Å². The lowest BCUT2D eigenvalue weighted by Gasteiger charge is -2.10. The fraction of sp³-hybridized carbons (Fsp3) is 0.0800. The maximum atomic E-state index is 12.6. The average molecular weight is 436 g/mol. The zero-order chi connectivity index (χ0) is 22.6. The molecule has 0 aliphatic heterocycles. The van der Waals surface area contributed by atoms with Crippen LogP contribution in [0.2, 0.25) is 0 Å². The molecule has 0 saturated carbocycles. The third kappa shape index (κ3) is 4.27. The molecule has 3 aromatic heterocycles. The van der Waals surface area contributed by atoms with Gasteiger partial charge < -0.3 is 10.1 Å². The molecule has 0 fully saturated rings. The summed E-state index contributed by atoms with van der Waals surface area (Å²) in [7, 11) is 1.60. The summed E-state index contributed by atoms with van der Waals surface area (Å²) in [5.41, 5.74) is 4.57. The Morgan fingerprint density at radius 2 is 1.85 bits per heavy atom. The van der Waals surface area contributed by atoms with Crippen LogP contribution in [0.3, 0.4) is 0 Å². The predicted octanol–water partition coefficient (Wildman–Crippen LogP) is 4.04. The molecule has 8 nitrogen and oxygen atoms in total. The molecule has 0 aliphatic rings. The number of pyridine rings is 1. The molecule has 0 aliphatic carbocycles. The molecular weight excluding hydrogens is 416 g/mol. The molecule has 0 unspecified atom stereocenters. The molecule has 0 bridgehead atoms. The molecule has 162 valence electrons. The second-order valence-corrected chi connectivity index (χ2v) is 7.37. The van der Waals surface area contributed by atoms with Gasteiger partial charge in [0, 0.05) is 34.8 Å². The van der Waals surface area contributed by atoms with Crippen molar-refractivity contribution in [1.82, 2.24) is 24.8 Å². The second kappa shape index (κ2) is 8.88. The van der Waals surface area contributed by atoms with Crippen LogP contribution in [0, 0.1) is 0 Å². The highest BCUT2D eigenvalue weighted by atomic mass is 16.5. The van der Waals surface area contributed by atoms with Crippen LogP contribution in [-0.2, 0) is 11.2 Å². The van der Waals surface area contributed by atoms with Gasteiger partial charge in [0.05, 0.1) is 19.2 Å². The van der Waals surface area contributed by atoms with E-state index in [0.29, 0.717) is 22.9 Å². The van der Waals surface area contributed by atoms with Crippen molar-refractivity contribution in [3.8, 4) is 28.4 Å². The van der Waals surface area contributed by atoms with Crippen molar-refractivity contribution in [2.45, 2.75) is 6.42 Å². The van der Waals surface area contributed by atoms with Gasteiger partial charge in [0.2, 0.25) is 5.91 Å². The minimum Gasteiger partial charge on any atom is -0.496 e. The lowest BCUT2D eigenvalue weighted by Crippen LogP contribution is -2.15. The van der Waals surface area contributed by atoms with E-state index in [4.69, 9.17) is 9.84 Å². The first-order chi connectivity index (χ1) is 16.2. The van der Waals surface area contributed by atoms with Crippen LogP contribution < -0.4 is 10.1 Å². The fourth-order valence-corrected chi connectivity index (χ4v) is 3.60. The number of methoxy groups -OCH3 is 1. The van der Waals surface area contributed by atoms with Crippen LogP contribution in [0.1, 0.15) is 5.56 Å². The molecule has 1 N–H and O–H groups in total. The number of anilines is 1. The van der Waals surface area contributed by atoms with Gasteiger partial charge in [-0.25, -0.2) is 0 Å². The quantitative estimate of drug-likeness (QED) is 0.432. The molecule has 2 aromatic carbocycles. The third-order valence-electron chi connectivity index (χ3n) is 5.17. The highest BCUT2D eigenvalue weighted by Crippen LogP contribution is 2.24. The highest BCUT2D eigenvalue weighted by molar-refractivity contribution is 5.93. The van der Waals surface area contributed by atoms with Crippen molar-refractivity contribution in [3.05, 3.63) is 90.8 Å². The van der Waals surface area contributed by atoms with Crippen molar-refractivity contribution in [3.63, 3.8) is 0 Å². The Bertz CT molecular complexity index is 1430. The smallest absolute Gasteiger partial charge is 0.228 e. The Labute approximate surface area is 189 Å². The molecular formula is C25H20N6O2. The van der Waals surface area contributed by atoms with E-state index in [9.17, 15) is 4.79 Å². The molecule has 33 heavy (non-hydrogen) atoms. The first-order valence-corrected chi connectivity index (χ1v) is 10.4. The normalized spacial score (nSPS) is 10.8.